The van der Waals surface area contributed by atoms with E-state index in [4.69, 9.17) is 4.74 Å². The summed E-state index contributed by atoms with van der Waals surface area (Å²) in [6.07, 6.45) is 0.550. The molecule has 0 saturated heterocycles. The van der Waals surface area contributed by atoms with Gasteiger partial charge in [0.25, 0.3) is 5.69 Å². The molecule has 1 aromatic carbocycles. The molecule has 0 amide bonds. The summed E-state index contributed by atoms with van der Waals surface area (Å²) in [4.78, 5) is 22.0. The standard InChI is InChI=1S/C14H21N3O6S/c1-4-23-14(18)12-8-11(9-13(10(12)2)17(19)20)24(21,22)16-7-5-6-15-3/h8-9,15-16H,4-7H2,1-3H3. The molecule has 0 spiro atoms. The Bertz CT molecular complexity index is 717. The summed E-state index contributed by atoms with van der Waals surface area (Å²) in [6.45, 7) is 3.82. The zero-order valence-electron chi connectivity index (χ0n) is 13.8. The van der Waals surface area contributed by atoms with E-state index in [0.29, 0.717) is 13.0 Å². The van der Waals surface area contributed by atoms with E-state index >= 15 is 0 Å². The zero-order chi connectivity index (χ0) is 18.3. The lowest BCUT2D eigenvalue weighted by atomic mass is 10.1. The summed E-state index contributed by atoms with van der Waals surface area (Å²) in [5, 5.41) is 14.0. The molecule has 24 heavy (non-hydrogen) atoms. The fraction of sp³-hybridized carbons (Fsp3) is 0.500. The maximum atomic E-state index is 12.3. The van der Waals surface area contributed by atoms with Crippen molar-refractivity contribution in [1.82, 2.24) is 10.0 Å². The molecular formula is C14H21N3O6S. The molecule has 134 valence electrons. The number of ether oxygens (including phenoxy) is 1. The Kier molecular flexibility index (Phi) is 7.26. The topological polar surface area (TPSA) is 128 Å². The molecule has 0 aromatic heterocycles. The summed E-state index contributed by atoms with van der Waals surface area (Å²) >= 11 is 0. The molecule has 0 fully saturated rings. The molecule has 0 unspecified atom stereocenters. The minimum atomic E-state index is -3.97. The summed E-state index contributed by atoms with van der Waals surface area (Å²) < 4.78 is 31.8. The highest BCUT2D eigenvalue weighted by atomic mass is 32.2. The molecule has 0 aliphatic rings. The molecule has 1 aromatic rings. The van der Waals surface area contributed by atoms with Gasteiger partial charge in [0.15, 0.2) is 0 Å². The third-order valence-corrected chi connectivity index (χ3v) is 4.69. The van der Waals surface area contributed by atoms with Gasteiger partial charge in [0.1, 0.15) is 0 Å². The van der Waals surface area contributed by atoms with Gasteiger partial charge in [-0.2, -0.15) is 0 Å². The number of carbonyl (C=O) groups excluding carboxylic acids is 1. The molecule has 1 rings (SSSR count). The maximum Gasteiger partial charge on any atom is 0.338 e. The van der Waals surface area contributed by atoms with Crippen LogP contribution in [0.2, 0.25) is 0 Å². The van der Waals surface area contributed by atoms with Crippen LogP contribution in [0.15, 0.2) is 17.0 Å². The van der Waals surface area contributed by atoms with Crippen LogP contribution >= 0.6 is 0 Å². The first kappa shape index (κ1) is 20.0. The minimum absolute atomic E-state index is 0.0626. The van der Waals surface area contributed by atoms with Crippen molar-refractivity contribution < 1.29 is 22.9 Å². The fourth-order valence-corrected chi connectivity index (χ4v) is 3.11. The molecule has 0 aliphatic heterocycles. The Morgan fingerprint density at radius 2 is 2.00 bits per heavy atom. The Morgan fingerprint density at radius 1 is 1.33 bits per heavy atom. The van der Waals surface area contributed by atoms with Gasteiger partial charge in [0, 0.05) is 18.2 Å². The van der Waals surface area contributed by atoms with Gasteiger partial charge in [-0.05, 0) is 39.9 Å². The van der Waals surface area contributed by atoms with Crippen LogP contribution in [0.3, 0.4) is 0 Å². The zero-order valence-corrected chi connectivity index (χ0v) is 14.6. The summed E-state index contributed by atoms with van der Waals surface area (Å²) in [5.41, 5.74) is -0.523. The summed E-state index contributed by atoms with van der Waals surface area (Å²) in [5.74, 6) is -0.801. The van der Waals surface area contributed by atoms with Gasteiger partial charge in [0.05, 0.1) is 22.0 Å². The molecule has 0 radical (unpaired) electrons. The molecule has 10 heteroatoms. The van der Waals surface area contributed by atoms with Crippen molar-refractivity contribution in [3.8, 4) is 0 Å². The van der Waals surface area contributed by atoms with Crippen molar-refractivity contribution in [3.05, 3.63) is 33.4 Å². The fourth-order valence-electron chi connectivity index (χ4n) is 1.99. The van der Waals surface area contributed by atoms with Gasteiger partial charge in [-0.15, -0.1) is 0 Å². The van der Waals surface area contributed by atoms with Crippen molar-refractivity contribution in [2.45, 2.75) is 25.2 Å². The number of rotatable bonds is 9. The van der Waals surface area contributed by atoms with E-state index < -0.39 is 26.6 Å². The predicted octanol–water partition coefficient (Wildman–Crippen LogP) is 0.968. The van der Waals surface area contributed by atoms with E-state index in [1.807, 2.05) is 0 Å². The van der Waals surface area contributed by atoms with Crippen LogP contribution in [0, 0.1) is 17.0 Å². The van der Waals surface area contributed by atoms with Crippen molar-refractivity contribution in [2.75, 3.05) is 26.7 Å². The van der Waals surface area contributed by atoms with Crippen molar-refractivity contribution in [1.29, 1.82) is 0 Å². The second kappa shape index (κ2) is 8.71. The number of hydrogen-bond acceptors (Lipinski definition) is 7. The summed E-state index contributed by atoms with van der Waals surface area (Å²) in [7, 11) is -2.23. The Labute approximate surface area is 140 Å². The van der Waals surface area contributed by atoms with Gasteiger partial charge in [-0.1, -0.05) is 0 Å². The molecule has 0 atom stereocenters. The molecule has 0 saturated carbocycles. The Balaban J connectivity index is 3.27. The van der Waals surface area contributed by atoms with Crippen LogP contribution in [0.5, 0.6) is 0 Å². The number of nitrogens with zero attached hydrogens (tertiary/aromatic N) is 1. The first-order chi connectivity index (χ1) is 11.2. The van der Waals surface area contributed by atoms with Crippen LogP contribution < -0.4 is 10.0 Å². The first-order valence-electron chi connectivity index (χ1n) is 7.35. The Morgan fingerprint density at radius 3 is 2.54 bits per heavy atom. The van der Waals surface area contributed by atoms with E-state index in [-0.39, 0.29) is 29.2 Å². The van der Waals surface area contributed by atoms with E-state index in [1.54, 1.807) is 14.0 Å². The number of nitro benzene ring substituents is 1. The highest BCUT2D eigenvalue weighted by molar-refractivity contribution is 7.89. The van der Waals surface area contributed by atoms with Gasteiger partial charge in [-0.3, -0.25) is 10.1 Å². The largest absolute Gasteiger partial charge is 0.462 e. The number of sulfonamides is 1. The average Bonchev–Trinajstić information content (AvgIpc) is 2.51. The molecule has 9 nitrogen and oxygen atoms in total. The van der Waals surface area contributed by atoms with E-state index in [2.05, 4.69) is 10.0 Å². The van der Waals surface area contributed by atoms with Crippen LogP contribution in [-0.2, 0) is 14.8 Å². The SMILES string of the molecule is CCOC(=O)c1cc(S(=O)(=O)NCCCNC)cc([N+](=O)[O-])c1C. The lowest BCUT2D eigenvalue weighted by Crippen LogP contribution is -2.27. The minimum Gasteiger partial charge on any atom is -0.462 e. The van der Waals surface area contributed by atoms with E-state index in [0.717, 1.165) is 12.1 Å². The second-order valence-corrected chi connectivity index (χ2v) is 6.71. The van der Waals surface area contributed by atoms with Crippen LogP contribution in [-0.4, -0.2) is 46.1 Å². The Hall–Kier alpha value is -2.04. The average molecular weight is 359 g/mol. The second-order valence-electron chi connectivity index (χ2n) is 4.95. The molecule has 0 aliphatic carbocycles. The normalized spacial score (nSPS) is 11.3. The quantitative estimate of drug-likeness (QED) is 0.291. The summed E-state index contributed by atoms with van der Waals surface area (Å²) in [6, 6.07) is 2.04. The highest BCUT2D eigenvalue weighted by Gasteiger charge is 2.26. The molecular weight excluding hydrogens is 338 g/mol. The number of nitrogens with one attached hydrogen (secondary N) is 2. The van der Waals surface area contributed by atoms with Gasteiger partial charge >= 0.3 is 5.97 Å². The maximum absolute atomic E-state index is 12.3. The van der Waals surface area contributed by atoms with Crippen molar-refractivity contribution >= 4 is 21.7 Å². The third kappa shape index (κ3) is 4.98. The van der Waals surface area contributed by atoms with Crippen LogP contribution in [0.4, 0.5) is 5.69 Å². The smallest absolute Gasteiger partial charge is 0.338 e. The molecule has 0 heterocycles. The lowest BCUT2D eigenvalue weighted by molar-refractivity contribution is -0.385. The molecule has 0 bridgehead atoms. The number of carbonyl (C=O) groups is 1. The monoisotopic (exact) mass is 359 g/mol. The van der Waals surface area contributed by atoms with Gasteiger partial charge < -0.3 is 10.1 Å². The van der Waals surface area contributed by atoms with E-state index in [9.17, 15) is 23.3 Å². The van der Waals surface area contributed by atoms with Crippen LogP contribution in [0.1, 0.15) is 29.3 Å². The van der Waals surface area contributed by atoms with Crippen molar-refractivity contribution in [3.63, 3.8) is 0 Å². The van der Waals surface area contributed by atoms with E-state index in [1.165, 1.54) is 6.92 Å². The van der Waals surface area contributed by atoms with Crippen LogP contribution in [0.25, 0.3) is 0 Å². The third-order valence-electron chi connectivity index (χ3n) is 3.25. The first-order valence-corrected chi connectivity index (χ1v) is 8.83. The number of esters is 1. The van der Waals surface area contributed by atoms with Crippen molar-refractivity contribution in [2.24, 2.45) is 0 Å². The van der Waals surface area contributed by atoms with Gasteiger partial charge in [-0.25, -0.2) is 17.9 Å². The lowest BCUT2D eigenvalue weighted by Gasteiger charge is -2.11. The predicted molar refractivity (Wildman–Crippen MR) is 87.5 cm³/mol. The highest BCUT2D eigenvalue weighted by Crippen LogP contribution is 2.27. The molecule has 2 N–H and O–H groups in total. The number of hydrogen-bond donors (Lipinski definition) is 2. The number of benzene rings is 1. The van der Waals surface area contributed by atoms with Gasteiger partial charge in [0.2, 0.25) is 10.0 Å². The number of nitro groups is 1.